The normalized spacial score (nSPS) is 11.9. The zero-order chi connectivity index (χ0) is 11.3. The van der Waals surface area contributed by atoms with E-state index in [-0.39, 0.29) is 6.04 Å². The summed E-state index contributed by atoms with van der Waals surface area (Å²) in [6.07, 6.45) is 6.21. The smallest absolute Gasteiger partial charge is 0.0788 e. The maximum absolute atomic E-state index is 5.93. The average Bonchev–Trinajstić information content (AvgIpc) is 2.28. The fraction of sp³-hybridized carbons (Fsp3) is 0.385. The molecule has 0 bridgehead atoms. The van der Waals surface area contributed by atoms with Gasteiger partial charge in [-0.1, -0.05) is 25.0 Å². The van der Waals surface area contributed by atoms with E-state index in [4.69, 9.17) is 12.2 Å². The number of hydrogen-bond acceptors (Lipinski definition) is 2. The minimum absolute atomic E-state index is 0.136. The van der Waals surface area contributed by atoms with Crippen LogP contribution in [-0.2, 0) is 0 Å². The molecule has 1 aromatic rings. The van der Waals surface area contributed by atoms with E-state index in [0.717, 1.165) is 12.1 Å². The van der Waals surface area contributed by atoms with Gasteiger partial charge in [0.1, 0.15) is 0 Å². The summed E-state index contributed by atoms with van der Waals surface area (Å²) < 4.78 is 0. The van der Waals surface area contributed by atoms with Crippen LogP contribution < -0.4 is 10.6 Å². The van der Waals surface area contributed by atoms with E-state index in [1.54, 1.807) is 0 Å². The minimum Gasteiger partial charge on any atom is -0.363 e. The van der Waals surface area contributed by atoms with Crippen molar-refractivity contribution in [3.8, 4) is 12.3 Å². The van der Waals surface area contributed by atoms with Crippen molar-refractivity contribution in [1.29, 1.82) is 0 Å². The van der Waals surface area contributed by atoms with Crippen LogP contribution in [0.1, 0.15) is 24.9 Å². The Balaban J connectivity index is 2.77. The summed E-state index contributed by atoms with van der Waals surface area (Å²) in [5.41, 5.74) is 8.23. The SMILES string of the molecule is C#CCN(C)c1ccc([C@H](N)CC)cc1. The van der Waals surface area contributed by atoms with Gasteiger partial charge >= 0.3 is 0 Å². The number of rotatable bonds is 4. The second-order valence-corrected chi connectivity index (χ2v) is 3.67. The molecule has 2 heteroatoms. The van der Waals surface area contributed by atoms with E-state index in [1.165, 1.54) is 5.56 Å². The van der Waals surface area contributed by atoms with Crippen LogP contribution in [0.5, 0.6) is 0 Å². The lowest BCUT2D eigenvalue weighted by Gasteiger charge is -2.17. The lowest BCUT2D eigenvalue weighted by atomic mass is 10.1. The first kappa shape index (κ1) is 11.6. The Morgan fingerprint density at radius 3 is 2.47 bits per heavy atom. The van der Waals surface area contributed by atoms with Gasteiger partial charge < -0.3 is 10.6 Å². The zero-order valence-corrected chi connectivity index (χ0v) is 9.40. The monoisotopic (exact) mass is 202 g/mol. The van der Waals surface area contributed by atoms with Crippen molar-refractivity contribution in [3.63, 3.8) is 0 Å². The standard InChI is InChI=1S/C13H18N2/c1-4-10-15(3)12-8-6-11(7-9-12)13(14)5-2/h1,6-9,13H,5,10,14H2,2-3H3/t13-/m1/s1. The van der Waals surface area contributed by atoms with Crippen molar-refractivity contribution in [2.75, 3.05) is 18.5 Å². The van der Waals surface area contributed by atoms with Gasteiger partial charge in [-0.2, -0.15) is 0 Å². The molecule has 0 saturated heterocycles. The average molecular weight is 202 g/mol. The van der Waals surface area contributed by atoms with E-state index in [9.17, 15) is 0 Å². The quantitative estimate of drug-likeness (QED) is 0.758. The minimum atomic E-state index is 0.136. The number of nitrogens with two attached hydrogens (primary N) is 1. The van der Waals surface area contributed by atoms with E-state index >= 15 is 0 Å². The summed E-state index contributed by atoms with van der Waals surface area (Å²) in [7, 11) is 1.98. The highest BCUT2D eigenvalue weighted by Gasteiger charge is 2.03. The molecule has 0 radical (unpaired) electrons. The van der Waals surface area contributed by atoms with Crippen molar-refractivity contribution in [1.82, 2.24) is 0 Å². The molecule has 0 aliphatic heterocycles. The molecule has 80 valence electrons. The summed E-state index contributed by atoms with van der Waals surface area (Å²) in [5, 5.41) is 0. The lowest BCUT2D eigenvalue weighted by Crippen LogP contribution is -2.17. The van der Waals surface area contributed by atoms with E-state index in [1.807, 2.05) is 11.9 Å². The molecule has 0 aliphatic rings. The van der Waals surface area contributed by atoms with Crippen LogP contribution in [0.2, 0.25) is 0 Å². The van der Waals surface area contributed by atoms with Gasteiger partial charge in [-0.05, 0) is 24.1 Å². The molecule has 0 unspecified atom stereocenters. The Hall–Kier alpha value is -1.46. The van der Waals surface area contributed by atoms with Gasteiger partial charge in [0.25, 0.3) is 0 Å². The van der Waals surface area contributed by atoms with Gasteiger partial charge in [0.2, 0.25) is 0 Å². The lowest BCUT2D eigenvalue weighted by molar-refractivity contribution is 0.698. The topological polar surface area (TPSA) is 29.3 Å². The maximum atomic E-state index is 5.93. The molecule has 0 heterocycles. The summed E-state index contributed by atoms with van der Waals surface area (Å²) in [6, 6.07) is 8.38. The first-order valence-electron chi connectivity index (χ1n) is 5.19. The molecule has 0 amide bonds. The highest BCUT2D eigenvalue weighted by atomic mass is 15.1. The van der Waals surface area contributed by atoms with Crippen LogP contribution in [0.25, 0.3) is 0 Å². The Morgan fingerprint density at radius 2 is 2.00 bits per heavy atom. The molecule has 0 spiro atoms. The van der Waals surface area contributed by atoms with E-state index in [0.29, 0.717) is 6.54 Å². The highest BCUT2D eigenvalue weighted by Crippen LogP contribution is 2.18. The van der Waals surface area contributed by atoms with Gasteiger partial charge in [0, 0.05) is 18.8 Å². The van der Waals surface area contributed by atoms with Gasteiger partial charge in [-0.3, -0.25) is 0 Å². The third kappa shape index (κ3) is 3.00. The number of hydrogen-bond donors (Lipinski definition) is 1. The molecule has 1 rings (SSSR count). The van der Waals surface area contributed by atoms with Gasteiger partial charge in [0.15, 0.2) is 0 Å². The Bertz CT molecular complexity index is 335. The third-order valence-electron chi connectivity index (χ3n) is 2.53. The maximum Gasteiger partial charge on any atom is 0.0788 e. The molecule has 0 aromatic heterocycles. The molecule has 0 aliphatic carbocycles. The Labute approximate surface area is 92.1 Å². The van der Waals surface area contributed by atoms with Gasteiger partial charge in [-0.15, -0.1) is 6.42 Å². The van der Waals surface area contributed by atoms with Crippen LogP contribution in [-0.4, -0.2) is 13.6 Å². The molecule has 0 saturated carbocycles. The summed E-state index contributed by atoms with van der Waals surface area (Å²) in [6.45, 7) is 2.71. The molecule has 1 atom stereocenters. The number of anilines is 1. The predicted octanol–water partition coefficient (Wildman–Crippen LogP) is 2.17. The second-order valence-electron chi connectivity index (χ2n) is 3.67. The van der Waals surface area contributed by atoms with Crippen LogP contribution in [0.4, 0.5) is 5.69 Å². The molecule has 2 N–H and O–H groups in total. The fourth-order valence-corrected chi connectivity index (χ4v) is 1.44. The van der Waals surface area contributed by atoms with Crippen LogP contribution >= 0.6 is 0 Å². The van der Waals surface area contributed by atoms with Crippen LogP contribution in [0.3, 0.4) is 0 Å². The van der Waals surface area contributed by atoms with Gasteiger partial charge in [0.05, 0.1) is 6.54 Å². The molecular weight excluding hydrogens is 184 g/mol. The number of nitrogens with zero attached hydrogens (tertiary/aromatic N) is 1. The molecule has 2 nitrogen and oxygen atoms in total. The Morgan fingerprint density at radius 1 is 1.40 bits per heavy atom. The molecule has 15 heavy (non-hydrogen) atoms. The predicted molar refractivity (Wildman–Crippen MR) is 65.8 cm³/mol. The van der Waals surface area contributed by atoms with Crippen LogP contribution in [0, 0.1) is 12.3 Å². The van der Waals surface area contributed by atoms with Crippen molar-refractivity contribution in [3.05, 3.63) is 29.8 Å². The molecule has 1 aromatic carbocycles. The fourth-order valence-electron chi connectivity index (χ4n) is 1.44. The summed E-state index contributed by atoms with van der Waals surface area (Å²) in [4.78, 5) is 2.03. The van der Waals surface area contributed by atoms with Crippen LogP contribution in [0.15, 0.2) is 24.3 Å². The third-order valence-corrected chi connectivity index (χ3v) is 2.53. The molecular formula is C13H18N2. The van der Waals surface area contributed by atoms with Gasteiger partial charge in [-0.25, -0.2) is 0 Å². The first-order chi connectivity index (χ1) is 7.19. The first-order valence-corrected chi connectivity index (χ1v) is 5.19. The second kappa shape index (κ2) is 5.43. The number of terminal acetylenes is 1. The van der Waals surface area contributed by atoms with E-state index < -0.39 is 0 Å². The highest BCUT2D eigenvalue weighted by molar-refractivity contribution is 5.48. The Kier molecular flexibility index (Phi) is 4.20. The van der Waals surface area contributed by atoms with Crippen molar-refractivity contribution >= 4 is 5.69 Å². The summed E-state index contributed by atoms with van der Waals surface area (Å²) >= 11 is 0. The van der Waals surface area contributed by atoms with Crippen molar-refractivity contribution in [2.24, 2.45) is 5.73 Å². The molecule has 0 fully saturated rings. The van der Waals surface area contributed by atoms with Crippen molar-refractivity contribution in [2.45, 2.75) is 19.4 Å². The zero-order valence-electron chi connectivity index (χ0n) is 9.40. The van der Waals surface area contributed by atoms with Crippen molar-refractivity contribution < 1.29 is 0 Å². The largest absolute Gasteiger partial charge is 0.363 e. The number of benzene rings is 1. The summed E-state index contributed by atoms with van der Waals surface area (Å²) in [5.74, 6) is 2.62. The van der Waals surface area contributed by atoms with E-state index in [2.05, 4.69) is 37.1 Å².